The summed E-state index contributed by atoms with van der Waals surface area (Å²) in [6, 6.07) is 22.1. The lowest BCUT2D eigenvalue weighted by molar-refractivity contribution is 0.0449. The molecule has 0 saturated heterocycles. The number of esters is 1. The zero-order valence-corrected chi connectivity index (χ0v) is 20.4. The molecule has 3 aromatic rings. The van der Waals surface area contributed by atoms with Gasteiger partial charge in [-0.2, -0.15) is 0 Å². The van der Waals surface area contributed by atoms with E-state index in [1.807, 2.05) is 42.5 Å². The lowest BCUT2D eigenvalue weighted by Gasteiger charge is -2.09. The van der Waals surface area contributed by atoms with Crippen LogP contribution in [0.1, 0.15) is 16.8 Å². The van der Waals surface area contributed by atoms with Crippen LogP contribution < -0.4 is 14.2 Å². The molecule has 0 radical (unpaired) electrons. The van der Waals surface area contributed by atoms with Crippen LogP contribution in [0.5, 0.6) is 17.2 Å². The standard InChI is InChI=1S/C30H32O6/c1-3-5-19-34-27-12-10-25(11-13-27)24-6-8-26(9-7-24)30(31)36-29-16-14-28(15-17-29)35-23-22-33-21-20-32-18-4-2/h3-4,6-17H,1-2,5,18-23H2. The minimum absolute atomic E-state index is 0.415. The van der Waals surface area contributed by atoms with E-state index in [2.05, 4.69) is 13.2 Å². The SMILES string of the molecule is C=CCCOc1ccc(-c2ccc(C(=O)Oc3ccc(OCCOCCOCC=C)cc3)cc2)cc1. The van der Waals surface area contributed by atoms with E-state index in [1.165, 1.54) is 0 Å². The highest BCUT2D eigenvalue weighted by atomic mass is 16.5. The van der Waals surface area contributed by atoms with Gasteiger partial charge in [-0.1, -0.05) is 36.4 Å². The summed E-state index contributed by atoms with van der Waals surface area (Å²) in [4.78, 5) is 12.5. The molecule has 0 aliphatic carbocycles. The van der Waals surface area contributed by atoms with E-state index in [9.17, 15) is 4.79 Å². The minimum Gasteiger partial charge on any atom is -0.493 e. The molecule has 3 aromatic carbocycles. The third-order valence-electron chi connectivity index (χ3n) is 5.04. The Hall–Kier alpha value is -3.87. The maximum atomic E-state index is 12.5. The molecule has 0 fully saturated rings. The molecule has 0 N–H and O–H groups in total. The molecule has 0 atom stereocenters. The summed E-state index contributed by atoms with van der Waals surface area (Å²) in [6.45, 7) is 10.3. The lowest BCUT2D eigenvalue weighted by Crippen LogP contribution is -2.11. The summed E-state index contributed by atoms with van der Waals surface area (Å²) in [5, 5.41) is 0. The molecule has 0 unspecified atom stereocenters. The topological polar surface area (TPSA) is 63.2 Å². The number of rotatable bonds is 16. The first kappa shape index (κ1) is 26.7. The van der Waals surface area contributed by atoms with Gasteiger partial charge in [0, 0.05) is 0 Å². The number of hydrogen-bond acceptors (Lipinski definition) is 6. The highest BCUT2D eigenvalue weighted by Crippen LogP contribution is 2.24. The number of benzene rings is 3. The predicted molar refractivity (Wildman–Crippen MR) is 141 cm³/mol. The van der Waals surface area contributed by atoms with Crippen LogP contribution in [0, 0.1) is 0 Å². The molecule has 188 valence electrons. The zero-order chi connectivity index (χ0) is 25.4. The molecule has 6 heteroatoms. The van der Waals surface area contributed by atoms with Crippen molar-refractivity contribution in [2.24, 2.45) is 0 Å². The molecule has 0 amide bonds. The normalized spacial score (nSPS) is 10.4. The average molecular weight is 489 g/mol. The maximum Gasteiger partial charge on any atom is 0.343 e. The Morgan fingerprint density at radius 2 is 1.14 bits per heavy atom. The van der Waals surface area contributed by atoms with E-state index < -0.39 is 5.97 Å². The third-order valence-corrected chi connectivity index (χ3v) is 5.04. The Bertz CT molecular complexity index is 1070. The van der Waals surface area contributed by atoms with Crippen LogP contribution in [-0.4, -0.2) is 45.6 Å². The van der Waals surface area contributed by atoms with Gasteiger partial charge in [-0.15, -0.1) is 13.2 Å². The first-order valence-electron chi connectivity index (χ1n) is 11.8. The second kappa shape index (κ2) is 15.2. The summed E-state index contributed by atoms with van der Waals surface area (Å²) in [5.74, 6) is 1.51. The van der Waals surface area contributed by atoms with Gasteiger partial charge in [-0.05, 0) is 66.1 Å². The van der Waals surface area contributed by atoms with Gasteiger partial charge in [0.1, 0.15) is 23.9 Å². The quantitative estimate of drug-likeness (QED) is 0.105. The fourth-order valence-corrected chi connectivity index (χ4v) is 3.18. The Morgan fingerprint density at radius 3 is 1.78 bits per heavy atom. The fourth-order valence-electron chi connectivity index (χ4n) is 3.18. The van der Waals surface area contributed by atoms with Crippen LogP contribution in [0.4, 0.5) is 0 Å². The minimum atomic E-state index is -0.423. The van der Waals surface area contributed by atoms with E-state index in [-0.39, 0.29) is 0 Å². The fraction of sp³-hybridized carbons (Fsp3) is 0.233. The van der Waals surface area contributed by atoms with Crippen LogP contribution in [0.15, 0.2) is 98.1 Å². The lowest BCUT2D eigenvalue weighted by atomic mass is 10.0. The number of hydrogen-bond donors (Lipinski definition) is 0. The van der Waals surface area contributed by atoms with E-state index in [4.69, 9.17) is 23.7 Å². The maximum absolute atomic E-state index is 12.5. The molecule has 0 bridgehead atoms. The van der Waals surface area contributed by atoms with Crippen molar-refractivity contribution in [1.29, 1.82) is 0 Å². The first-order valence-corrected chi connectivity index (χ1v) is 11.8. The molecular weight excluding hydrogens is 456 g/mol. The second-order valence-corrected chi connectivity index (χ2v) is 7.71. The van der Waals surface area contributed by atoms with Crippen molar-refractivity contribution in [3.05, 3.63) is 104 Å². The third kappa shape index (κ3) is 9.06. The Morgan fingerprint density at radius 1 is 0.611 bits per heavy atom. The number of ether oxygens (including phenoxy) is 5. The summed E-state index contributed by atoms with van der Waals surface area (Å²) in [5.41, 5.74) is 2.50. The van der Waals surface area contributed by atoms with E-state index in [0.717, 1.165) is 23.3 Å². The van der Waals surface area contributed by atoms with Crippen molar-refractivity contribution in [3.8, 4) is 28.4 Å². The van der Waals surface area contributed by atoms with Crippen molar-refractivity contribution >= 4 is 5.97 Å². The molecule has 0 heterocycles. The smallest absolute Gasteiger partial charge is 0.343 e. The monoisotopic (exact) mass is 488 g/mol. The van der Waals surface area contributed by atoms with Gasteiger partial charge in [0.15, 0.2) is 0 Å². The number of carbonyl (C=O) groups excluding carboxylic acids is 1. The van der Waals surface area contributed by atoms with Gasteiger partial charge >= 0.3 is 5.97 Å². The van der Waals surface area contributed by atoms with Crippen LogP contribution >= 0.6 is 0 Å². The van der Waals surface area contributed by atoms with Gasteiger partial charge in [-0.25, -0.2) is 4.79 Å². The van der Waals surface area contributed by atoms with Crippen molar-refractivity contribution in [2.45, 2.75) is 6.42 Å². The Kier molecular flexibility index (Phi) is 11.3. The van der Waals surface area contributed by atoms with Crippen LogP contribution in [0.25, 0.3) is 11.1 Å². The molecular formula is C30H32O6. The van der Waals surface area contributed by atoms with E-state index >= 15 is 0 Å². The zero-order valence-electron chi connectivity index (χ0n) is 20.4. The Labute approximate surface area is 212 Å². The molecule has 0 aliphatic heterocycles. The summed E-state index contributed by atoms with van der Waals surface area (Å²) >= 11 is 0. The van der Waals surface area contributed by atoms with Gasteiger partial charge < -0.3 is 23.7 Å². The van der Waals surface area contributed by atoms with Gasteiger partial charge in [0.05, 0.1) is 38.6 Å². The largest absolute Gasteiger partial charge is 0.493 e. The molecule has 0 aromatic heterocycles. The molecule has 6 nitrogen and oxygen atoms in total. The summed E-state index contributed by atoms with van der Waals surface area (Å²) in [7, 11) is 0. The van der Waals surface area contributed by atoms with Crippen LogP contribution in [-0.2, 0) is 9.47 Å². The molecule has 0 saturated carbocycles. The Balaban J connectivity index is 1.43. The average Bonchev–Trinajstić information content (AvgIpc) is 2.92. The van der Waals surface area contributed by atoms with Crippen molar-refractivity contribution in [2.75, 3.05) is 39.6 Å². The number of carbonyl (C=O) groups is 1. The van der Waals surface area contributed by atoms with Gasteiger partial charge in [0.2, 0.25) is 0 Å². The van der Waals surface area contributed by atoms with Crippen molar-refractivity contribution in [1.82, 2.24) is 0 Å². The van der Waals surface area contributed by atoms with Gasteiger partial charge in [-0.3, -0.25) is 0 Å². The summed E-state index contributed by atoms with van der Waals surface area (Å²) < 4.78 is 27.4. The van der Waals surface area contributed by atoms with Crippen molar-refractivity contribution < 1.29 is 28.5 Å². The van der Waals surface area contributed by atoms with Crippen LogP contribution in [0.3, 0.4) is 0 Å². The van der Waals surface area contributed by atoms with Crippen molar-refractivity contribution in [3.63, 3.8) is 0 Å². The van der Waals surface area contributed by atoms with Gasteiger partial charge in [0.25, 0.3) is 0 Å². The van der Waals surface area contributed by atoms with Crippen LogP contribution in [0.2, 0.25) is 0 Å². The predicted octanol–water partition coefficient (Wildman–Crippen LogP) is 6.13. The highest BCUT2D eigenvalue weighted by molar-refractivity contribution is 5.91. The molecule has 0 spiro atoms. The first-order chi connectivity index (χ1) is 17.7. The molecule has 36 heavy (non-hydrogen) atoms. The highest BCUT2D eigenvalue weighted by Gasteiger charge is 2.09. The second-order valence-electron chi connectivity index (χ2n) is 7.71. The molecule has 3 rings (SSSR count). The van der Waals surface area contributed by atoms with E-state index in [1.54, 1.807) is 42.5 Å². The summed E-state index contributed by atoms with van der Waals surface area (Å²) in [6.07, 6.45) is 4.33. The molecule has 0 aliphatic rings. The van der Waals surface area contributed by atoms with E-state index in [0.29, 0.717) is 56.7 Å².